The van der Waals surface area contributed by atoms with Gasteiger partial charge >= 0.3 is 0 Å². The zero-order valence-electron chi connectivity index (χ0n) is 11.9. The molecule has 0 spiro atoms. The predicted molar refractivity (Wildman–Crippen MR) is 72.4 cm³/mol. The second kappa shape index (κ2) is 5.54. The van der Waals surface area contributed by atoms with Crippen molar-refractivity contribution in [3.63, 3.8) is 0 Å². The minimum absolute atomic E-state index is 0.103. The summed E-state index contributed by atoms with van der Waals surface area (Å²) in [4.78, 5) is 12.2. The van der Waals surface area contributed by atoms with Crippen LogP contribution in [-0.2, 0) is 16.0 Å². The van der Waals surface area contributed by atoms with Gasteiger partial charge in [0.1, 0.15) is 5.69 Å². The SMILES string of the molecule is CCn1ccc(C(=O)N[C@@H]2[C@H]3CCO[C@H]3[C@H]2COC)n1. The summed E-state index contributed by atoms with van der Waals surface area (Å²) in [6.07, 6.45) is 3.08. The summed E-state index contributed by atoms with van der Waals surface area (Å²) in [6, 6.07) is 1.90. The normalized spacial score (nSPS) is 31.7. The number of ether oxygens (including phenoxy) is 2. The minimum Gasteiger partial charge on any atom is -0.384 e. The van der Waals surface area contributed by atoms with E-state index in [0.29, 0.717) is 18.2 Å². The van der Waals surface area contributed by atoms with Crippen molar-refractivity contribution >= 4 is 5.91 Å². The molecule has 3 rings (SSSR count). The molecule has 1 aromatic rings. The van der Waals surface area contributed by atoms with Crippen molar-refractivity contribution in [2.45, 2.75) is 32.0 Å². The molecular formula is C14H21N3O3. The lowest BCUT2D eigenvalue weighted by atomic mass is 9.67. The van der Waals surface area contributed by atoms with E-state index in [0.717, 1.165) is 19.6 Å². The lowest BCUT2D eigenvalue weighted by Crippen LogP contribution is -2.62. The first kappa shape index (κ1) is 13.6. The average molecular weight is 279 g/mol. The van der Waals surface area contributed by atoms with E-state index in [1.54, 1.807) is 17.9 Å². The molecule has 1 aromatic heterocycles. The van der Waals surface area contributed by atoms with E-state index in [9.17, 15) is 4.79 Å². The van der Waals surface area contributed by atoms with Gasteiger partial charge in [-0.1, -0.05) is 0 Å². The Morgan fingerprint density at radius 3 is 3.20 bits per heavy atom. The Kier molecular flexibility index (Phi) is 3.76. The topological polar surface area (TPSA) is 65.4 Å². The fraction of sp³-hybridized carbons (Fsp3) is 0.714. The summed E-state index contributed by atoms with van der Waals surface area (Å²) < 4.78 is 12.7. The summed E-state index contributed by atoms with van der Waals surface area (Å²) in [5, 5.41) is 7.34. The van der Waals surface area contributed by atoms with Crippen LogP contribution in [0.15, 0.2) is 12.3 Å². The smallest absolute Gasteiger partial charge is 0.272 e. The van der Waals surface area contributed by atoms with Crippen LogP contribution >= 0.6 is 0 Å². The maximum absolute atomic E-state index is 12.2. The lowest BCUT2D eigenvalue weighted by Gasteiger charge is -2.47. The lowest BCUT2D eigenvalue weighted by molar-refractivity contribution is -0.0810. The van der Waals surface area contributed by atoms with E-state index in [-0.39, 0.29) is 24.0 Å². The van der Waals surface area contributed by atoms with Gasteiger partial charge in [-0.3, -0.25) is 9.48 Å². The molecule has 1 saturated heterocycles. The summed E-state index contributed by atoms with van der Waals surface area (Å²) >= 11 is 0. The quantitative estimate of drug-likeness (QED) is 0.861. The minimum atomic E-state index is -0.103. The summed E-state index contributed by atoms with van der Waals surface area (Å²) in [5.74, 6) is 0.575. The first-order chi connectivity index (χ1) is 9.74. The second-order valence-electron chi connectivity index (χ2n) is 5.46. The van der Waals surface area contributed by atoms with Gasteiger partial charge in [0.2, 0.25) is 0 Å². The van der Waals surface area contributed by atoms with Crippen molar-refractivity contribution in [3.05, 3.63) is 18.0 Å². The van der Waals surface area contributed by atoms with Crippen LogP contribution in [0.2, 0.25) is 0 Å². The van der Waals surface area contributed by atoms with Crippen molar-refractivity contribution < 1.29 is 14.3 Å². The molecule has 0 aromatic carbocycles. The van der Waals surface area contributed by atoms with Gasteiger partial charge in [0, 0.05) is 44.3 Å². The average Bonchev–Trinajstić information content (AvgIpc) is 3.09. The highest BCUT2D eigenvalue weighted by Crippen LogP contribution is 2.43. The third-order valence-corrected chi connectivity index (χ3v) is 4.38. The van der Waals surface area contributed by atoms with Crippen molar-refractivity contribution in [1.29, 1.82) is 0 Å². The first-order valence-electron chi connectivity index (χ1n) is 7.19. The third kappa shape index (κ3) is 2.23. The molecule has 6 heteroatoms. The number of fused-ring (bicyclic) bond motifs is 1. The highest BCUT2D eigenvalue weighted by Gasteiger charge is 2.54. The van der Waals surface area contributed by atoms with E-state index in [4.69, 9.17) is 9.47 Å². The van der Waals surface area contributed by atoms with Gasteiger partial charge < -0.3 is 14.8 Å². The van der Waals surface area contributed by atoms with Gasteiger partial charge in [-0.05, 0) is 19.4 Å². The summed E-state index contributed by atoms with van der Waals surface area (Å²) in [7, 11) is 1.68. The van der Waals surface area contributed by atoms with Crippen LogP contribution in [0.4, 0.5) is 0 Å². The Balaban J connectivity index is 1.65. The number of aromatic nitrogens is 2. The second-order valence-corrected chi connectivity index (χ2v) is 5.46. The molecule has 0 unspecified atom stereocenters. The highest BCUT2D eigenvalue weighted by molar-refractivity contribution is 5.92. The number of rotatable bonds is 5. The van der Waals surface area contributed by atoms with Crippen LogP contribution in [0.3, 0.4) is 0 Å². The van der Waals surface area contributed by atoms with Crippen molar-refractivity contribution in [3.8, 4) is 0 Å². The molecule has 110 valence electrons. The number of methoxy groups -OCH3 is 1. The van der Waals surface area contributed by atoms with E-state index >= 15 is 0 Å². The predicted octanol–water partition coefficient (Wildman–Crippen LogP) is 0.683. The fourth-order valence-corrected chi connectivity index (χ4v) is 3.32. The number of hydrogen-bond acceptors (Lipinski definition) is 4. The molecule has 2 fully saturated rings. The maximum atomic E-state index is 12.2. The number of carbonyl (C=O) groups excluding carboxylic acids is 1. The number of amides is 1. The third-order valence-electron chi connectivity index (χ3n) is 4.38. The molecule has 1 amide bonds. The van der Waals surface area contributed by atoms with Crippen molar-refractivity contribution in [2.24, 2.45) is 11.8 Å². The van der Waals surface area contributed by atoms with E-state index in [1.807, 2.05) is 13.1 Å². The molecule has 6 nitrogen and oxygen atoms in total. The van der Waals surface area contributed by atoms with Gasteiger partial charge in [0.15, 0.2) is 0 Å². The zero-order valence-corrected chi connectivity index (χ0v) is 11.9. The monoisotopic (exact) mass is 279 g/mol. The van der Waals surface area contributed by atoms with Crippen LogP contribution in [0.5, 0.6) is 0 Å². The molecular weight excluding hydrogens is 258 g/mol. The Hall–Kier alpha value is -1.40. The van der Waals surface area contributed by atoms with Crippen LogP contribution in [0.25, 0.3) is 0 Å². The Bertz CT molecular complexity index is 488. The number of hydrogen-bond donors (Lipinski definition) is 1. The van der Waals surface area contributed by atoms with E-state index in [2.05, 4.69) is 10.4 Å². The fourth-order valence-electron chi connectivity index (χ4n) is 3.32. The first-order valence-corrected chi connectivity index (χ1v) is 7.19. The molecule has 1 aliphatic carbocycles. The largest absolute Gasteiger partial charge is 0.384 e. The van der Waals surface area contributed by atoms with Crippen LogP contribution < -0.4 is 5.32 Å². The van der Waals surface area contributed by atoms with Gasteiger partial charge in [-0.2, -0.15) is 5.10 Å². The number of aryl methyl sites for hydroxylation is 1. The molecule has 0 radical (unpaired) electrons. The molecule has 1 saturated carbocycles. The van der Waals surface area contributed by atoms with Crippen LogP contribution in [0, 0.1) is 11.8 Å². The molecule has 0 bridgehead atoms. The summed E-state index contributed by atoms with van der Waals surface area (Å²) in [5.41, 5.74) is 0.477. The van der Waals surface area contributed by atoms with Crippen LogP contribution in [0.1, 0.15) is 23.8 Å². The number of nitrogens with zero attached hydrogens (tertiary/aromatic N) is 2. The number of nitrogens with one attached hydrogen (secondary N) is 1. The van der Waals surface area contributed by atoms with Crippen molar-refractivity contribution in [1.82, 2.24) is 15.1 Å². The molecule has 4 atom stereocenters. The zero-order chi connectivity index (χ0) is 14.1. The maximum Gasteiger partial charge on any atom is 0.272 e. The molecule has 2 heterocycles. The molecule has 1 N–H and O–H groups in total. The number of carbonyl (C=O) groups is 1. The Morgan fingerprint density at radius 2 is 2.50 bits per heavy atom. The van der Waals surface area contributed by atoms with Gasteiger partial charge in [0.25, 0.3) is 5.91 Å². The Labute approximate surface area is 118 Å². The molecule has 20 heavy (non-hydrogen) atoms. The highest BCUT2D eigenvalue weighted by atomic mass is 16.5. The van der Waals surface area contributed by atoms with Crippen LogP contribution in [-0.4, -0.2) is 48.2 Å². The standard InChI is InChI=1S/C14H21N3O3/c1-3-17-6-4-11(16-17)14(18)15-12-9-5-7-20-13(9)10(12)8-19-2/h4,6,9-10,12-13H,3,5,7-8H2,1-2H3,(H,15,18)/t9-,10+,12-,13-/m1/s1. The molecule has 1 aliphatic heterocycles. The summed E-state index contributed by atoms with van der Waals surface area (Å²) in [6.45, 7) is 4.17. The van der Waals surface area contributed by atoms with Gasteiger partial charge in [0.05, 0.1) is 12.7 Å². The van der Waals surface area contributed by atoms with Gasteiger partial charge in [-0.25, -0.2) is 0 Å². The van der Waals surface area contributed by atoms with Gasteiger partial charge in [-0.15, -0.1) is 0 Å². The molecule has 2 aliphatic rings. The van der Waals surface area contributed by atoms with E-state index < -0.39 is 0 Å². The Morgan fingerprint density at radius 1 is 1.65 bits per heavy atom. The van der Waals surface area contributed by atoms with Crippen molar-refractivity contribution in [2.75, 3.05) is 20.3 Å². The van der Waals surface area contributed by atoms with E-state index in [1.165, 1.54) is 0 Å².